The number of alkyl carbamates (subject to hydrolysis) is 1. The van der Waals surface area contributed by atoms with Gasteiger partial charge in [0.25, 0.3) is 5.78 Å². The van der Waals surface area contributed by atoms with Crippen LogP contribution >= 0.6 is 0 Å². The number of Topliss-reactive ketones (excluding diaryl/α,β-unsaturated/α-hetero) is 1. The van der Waals surface area contributed by atoms with Crippen LogP contribution in [0.2, 0.25) is 0 Å². The quantitative estimate of drug-likeness (QED) is 0.894. The number of nitrogens with one attached hydrogen (secondary N) is 1. The highest BCUT2D eigenvalue weighted by molar-refractivity contribution is 6.03. The Labute approximate surface area is 124 Å². The van der Waals surface area contributed by atoms with Crippen molar-refractivity contribution >= 4 is 11.9 Å². The molecule has 1 atom stereocenters. The van der Waals surface area contributed by atoms with Crippen molar-refractivity contribution in [2.75, 3.05) is 6.61 Å². The van der Waals surface area contributed by atoms with Gasteiger partial charge in [-0.1, -0.05) is 0 Å². The molecule has 2 N–H and O–H groups in total. The molecule has 1 heterocycles. The van der Waals surface area contributed by atoms with E-state index in [1.807, 2.05) is 0 Å². The molecule has 22 heavy (non-hydrogen) atoms. The standard InChI is InChI=1S/C14H13F2NO5/c1-3-21-13(20)17-12-10(18)11(19)14(2,22-12)7-4-8(15)6-9(16)5-7/h4-6,18H,3H2,1-2H3,(H,17,20). The zero-order valence-electron chi connectivity index (χ0n) is 11.8. The number of aliphatic hydroxyl groups is 1. The lowest BCUT2D eigenvalue weighted by molar-refractivity contribution is -0.131. The van der Waals surface area contributed by atoms with Crippen LogP contribution in [0.25, 0.3) is 0 Å². The summed E-state index contributed by atoms with van der Waals surface area (Å²) in [5, 5.41) is 11.8. The Balaban J connectivity index is 2.32. The topological polar surface area (TPSA) is 84.9 Å². The summed E-state index contributed by atoms with van der Waals surface area (Å²) in [6, 6.07) is 2.44. The van der Waals surface area contributed by atoms with E-state index < -0.39 is 40.8 Å². The largest absolute Gasteiger partial charge is 0.501 e. The summed E-state index contributed by atoms with van der Waals surface area (Å²) in [5.41, 5.74) is -2.00. The number of amides is 1. The van der Waals surface area contributed by atoms with Crippen molar-refractivity contribution in [2.24, 2.45) is 0 Å². The molecule has 0 bridgehead atoms. The number of hydrogen-bond acceptors (Lipinski definition) is 5. The molecule has 6 nitrogen and oxygen atoms in total. The van der Waals surface area contributed by atoms with E-state index in [1.165, 1.54) is 6.92 Å². The van der Waals surface area contributed by atoms with Gasteiger partial charge in [0.15, 0.2) is 5.60 Å². The molecule has 0 aliphatic carbocycles. The van der Waals surface area contributed by atoms with Crippen LogP contribution in [0, 0.1) is 11.6 Å². The Hall–Kier alpha value is -2.64. The first-order valence-corrected chi connectivity index (χ1v) is 6.35. The molecular formula is C14H13F2NO5. The maximum atomic E-state index is 13.3. The van der Waals surface area contributed by atoms with Crippen molar-refractivity contribution in [1.29, 1.82) is 0 Å². The van der Waals surface area contributed by atoms with Crippen molar-refractivity contribution in [3.8, 4) is 0 Å². The Morgan fingerprint density at radius 1 is 1.36 bits per heavy atom. The summed E-state index contributed by atoms with van der Waals surface area (Å²) in [5.74, 6) is -4.14. The Kier molecular flexibility index (Phi) is 4.03. The first-order chi connectivity index (χ1) is 10.3. The lowest BCUT2D eigenvalue weighted by Gasteiger charge is -2.23. The smallest absolute Gasteiger partial charge is 0.414 e. The molecule has 1 unspecified atom stereocenters. The van der Waals surface area contributed by atoms with Gasteiger partial charge >= 0.3 is 6.09 Å². The van der Waals surface area contributed by atoms with E-state index in [-0.39, 0.29) is 12.2 Å². The molecule has 118 valence electrons. The van der Waals surface area contributed by atoms with Crippen molar-refractivity contribution in [3.05, 3.63) is 47.0 Å². The van der Waals surface area contributed by atoms with E-state index >= 15 is 0 Å². The van der Waals surface area contributed by atoms with Gasteiger partial charge in [0.1, 0.15) is 11.6 Å². The molecule has 1 aromatic rings. The minimum atomic E-state index is -1.86. The summed E-state index contributed by atoms with van der Waals surface area (Å²) in [6.45, 7) is 2.86. The summed E-state index contributed by atoms with van der Waals surface area (Å²) < 4.78 is 36.4. The molecule has 1 amide bonds. The predicted molar refractivity (Wildman–Crippen MR) is 69.6 cm³/mol. The second kappa shape index (κ2) is 5.63. The van der Waals surface area contributed by atoms with Crippen molar-refractivity contribution in [2.45, 2.75) is 19.4 Å². The first kappa shape index (κ1) is 15.7. The molecule has 0 spiro atoms. The second-order valence-corrected chi connectivity index (χ2v) is 4.65. The Bertz CT molecular complexity index is 653. The van der Waals surface area contributed by atoms with Crippen LogP contribution in [0.1, 0.15) is 19.4 Å². The molecule has 0 fully saturated rings. The highest BCUT2D eigenvalue weighted by Crippen LogP contribution is 2.37. The molecule has 0 saturated heterocycles. The maximum Gasteiger partial charge on any atom is 0.414 e. The molecule has 0 saturated carbocycles. The summed E-state index contributed by atoms with van der Waals surface area (Å²) in [7, 11) is 0. The lowest BCUT2D eigenvalue weighted by atomic mass is 9.91. The number of carbonyl (C=O) groups is 2. The third kappa shape index (κ3) is 2.72. The molecular weight excluding hydrogens is 300 g/mol. The summed E-state index contributed by atoms with van der Waals surface area (Å²) in [4.78, 5) is 23.4. The minimum absolute atomic E-state index is 0.0696. The van der Waals surface area contributed by atoms with Crippen molar-refractivity contribution in [3.63, 3.8) is 0 Å². The van der Waals surface area contributed by atoms with Crippen LogP contribution in [0.3, 0.4) is 0 Å². The van der Waals surface area contributed by atoms with Crippen LogP contribution < -0.4 is 5.32 Å². The molecule has 1 aliphatic heterocycles. The number of ketones is 1. The fraction of sp³-hybridized carbons (Fsp3) is 0.286. The number of rotatable bonds is 3. The highest BCUT2D eigenvalue weighted by Gasteiger charge is 2.48. The van der Waals surface area contributed by atoms with Gasteiger partial charge in [-0.3, -0.25) is 10.1 Å². The van der Waals surface area contributed by atoms with E-state index in [1.54, 1.807) is 6.92 Å². The minimum Gasteiger partial charge on any atom is -0.501 e. The number of aliphatic hydroxyl groups excluding tert-OH is 1. The van der Waals surface area contributed by atoms with Crippen molar-refractivity contribution in [1.82, 2.24) is 5.32 Å². The van der Waals surface area contributed by atoms with Gasteiger partial charge in [-0.05, 0) is 26.0 Å². The summed E-state index contributed by atoms with van der Waals surface area (Å²) >= 11 is 0. The van der Waals surface area contributed by atoms with E-state index in [0.717, 1.165) is 12.1 Å². The van der Waals surface area contributed by atoms with Gasteiger partial charge in [-0.2, -0.15) is 0 Å². The number of ether oxygens (including phenoxy) is 2. The van der Waals surface area contributed by atoms with Gasteiger partial charge in [-0.15, -0.1) is 0 Å². The van der Waals surface area contributed by atoms with Gasteiger partial charge in [0, 0.05) is 11.6 Å². The number of hydrogen-bond donors (Lipinski definition) is 2. The third-order valence-corrected chi connectivity index (χ3v) is 3.07. The van der Waals surface area contributed by atoms with Crippen LogP contribution in [0.15, 0.2) is 29.8 Å². The molecule has 0 radical (unpaired) electrons. The maximum absolute atomic E-state index is 13.3. The molecule has 1 aliphatic rings. The fourth-order valence-electron chi connectivity index (χ4n) is 1.99. The molecule has 0 aromatic heterocycles. The average Bonchev–Trinajstić information content (AvgIpc) is 2.64. The van der Waals surface area contributed by atoms with Gasteiger partial charge in [0.05, 0.1) is 6.61 Å². The van der Waals surface area contributed by atoms with Crippen LogP contribution in [-0.4, -0.2) is 23.6 Å². The molecule has 1 aromatic carbocycles. The van der Waals surface area contributed by atoms with E-state index in [4.69, 9.17) is 4.74 Å². The third-order valence-electron chi connectivity index (χ3n) is 3.07. The van der Waals surface area contributed by atoms with E-state index in [9.17, 15) is 23.5 Å². The van der Waals surface area contributed by atoms with Crippen molar-refractivity contribution < 1.29 is 33.0 Å². The lowest BCUT2D eigenvalue weighted by Crippen LogP contribution is -2.32. The van der Waals surface area contributed by atoms with Crippen LogP contribution in [-0.2, 0) is 19.9 Å². The SMILES string of the molecule is CCOC(=O)NC1=C(O)C(=O)C(C)(c2cc(F)cc(F)c2)O1. The molecule has 2 rings (SSSR count). The second-order valence-electron chi connectivity index (χ2n) is 4.65. The number of carbonyl (C=O) groups excluding carboxylic acids is 2. The summed E-state index contributed by atoms with van der Waals surface area (Å²) in [6.07, 6.45) is -0.938. The van der Waals surface area contributed by atoms with E-state index in [0.29, 0.717) is 6.07 Å². The predicted octanol–water partition coefficient (Wildman–Crippen LogP) is 2.25. The van der Waals surface area contributed by atoms with Gasteiger partial charge in [-0.25, -0.2) is 13.6 Å². The monoisotopic (exact) mass is 313 g/mol. The fourth-order valence-corrected chi connectivity index (χ4v) is 1.99. The number of benzene rings is 1. The average molecular weight is 313 g/mol. The van der Waals surface area contributed by atoms with E-state index in [2.05, 4.69) is 10.1 Å². The normalized spacial score (nSPS) is 20.8. The first-order valence-electron chi connectivity index (χ1n) is 6.35. The number of halogens is 2. The van der Waals surface area contributed by atoms with Gasteiger partial charge in [0.2, 0.25) is 11.6 Å². The zero-order valence-corrected chi connectivity index (χ0v) is 11.8. The Morgan fingerprint density at radius 2 is 1.95 bits per heavy atom. The Morgan fingerprint density at radius 3 is 2.50 bits per heavy atom. The zero-order chi connectivity index (χ0) is 16.5. The molecule has 8 heteroatoms. The van der Waals surface area contributed by atoms with Crippen LogP contribution in [0.5, 0.6) is 0 Å². The highest BCUT2D eigenvalue weighted by atomic mass is 19.1. The van der Waals surface area contributed by atoms with Crippen LogP contribution in [0.4, 0.5) is 13.6 Å². The van der Waals surface area contributed by atoms with Gasteiger partial charge < -0.3 is 14.6 Å².